The van der Waals surface area contributed by atoms with Crippen LogP contribution >= 0.6 is 0 Å². The van der Waals surface area contributed by atoms with E-state index in [4.69, 9.17) is 4.74 Å². The molecule has 0 amide bonds. The zero-order valence-corrected chi connectivity index (χ0v) is 8.77. The molecule has 1 aliphatic rings. The van der Waals surface area contributed by atoms with E-state index < -0.39 is 0 Å². The van der Waals surface area contributed by atoms with Gasteiger partial charge in [-0.25, -0.2) is 4.98 Å². The van der Waals surface area contributed by atoms with E-state index in [0.717, 1.165) is 26.1 Å². The Morgan fingerprint density at radius 1 is 1.67 bits per heavy atom. The fourth-order valence-corrected chi connectivity index (χ4v) is 1.76. The summed E-state index contributed by atoms with van der Waals surface area (Å²) >= 11 is 0. The lowest BCUT2D eigenvalue weighted by Crippen LogP contribution is -2.34. The van der Waals surface area contributed by atoms with Gasteiger partial charge in [-0.2, -0.15) is 0 Å². The predicted molar refractivity (Wildman–Crippen MR) is 57.1 cm³/mol. The summed E-state index contributed by atoms with van der Waals surface area (Å²) in [5, 5.41) is 0. The molecule has 1 atom stereocenters. The minimum Gasteiger partial charge on any atom is -0.377 e. The standard InChI is InChI=1S/C10H15N3O2/c1-8-7-13(5-2-6-15-8)9-10(14)12-4-3-11-9/h3-4,8H,2,5-7H2,1H3,(H,12,14). The Hall–Kier alpha value is -1.36. The Balaban J connectivity index is 2.22. The first kappa shape index (κ1) is 10.2. The lowest BCUT2D eigenvalue weighted by molar-refractivity contribution is 0.0820. The van der Waals surface area contributed by atoms with Gasteiger partial charge in [0, 0.05) is 32.1 Å². The fraction of sp³-hybridized carbons (Fsp3) is 0.600. The quantitative estimate of drug-likeness (QED) is 0.726. The Morgan fingerprint density at radius 3 is 3.33 bits per heavy atom. The molecule has 1 N–H and O–H groups in total. The van der Waals surface area contributed by atoms with Crippen molar-refractivity contribution in [1.29, 1.82) is 0 Å². The lowest BCUT2D eigenvalue weighted by atomic mass is 10.3. The van der Waals surface area contributed by atoms with Crippen molar-refractivity contribution in [1.82, 2.24) is 9.97 Å². The summed E-state index contributed by atoms with van der Waals surface area (Å²) in [7, 11) is 0. The predicted octanol–water partition coefficient (Wildman–Crippen LogP) is 0.385. The zero-order valence-electron chi connectivity index (χ0n) is 8.77. The number of aromatic nitrogens is 2. The Morgan fingerprint density at radius 2 is 2.53 bits per heavy atom. The van der Waals surface area contributed by atoms with E-state index in [1.165, 1.54) is 0 Å². The number of ether oxygens (including phenoxy) is 1. The Labute approximate surface area is 88.1 Å². The molecule has 1 fully saturated rings. The zero-order chi connectivity index (χ0) is 10.7. The monoisotopic (exact) mass is 209 g/mol. The van der Waals surface area contributed by atoms with Crippen LogP contribution in [0, 0.1) is 0 Å². The van der Waals surface area contributed by atoms with Gasteiger partial charge in [-0.05, 0) is 13.3 Å². The van der Waals surface area contributed by atoms with Crippen molar-refractivity contribution in [2.45, 2.75) is 19.4 Å². The molecule has 1 aromatic rings. The summed E-state index contributed by atoms with van der Waals surface area (Å²) in [6.45, 7) is 4.31. The molecule has 15 heavy (non-hydrogen) atoms. The van der Waals surface area contributed by atoms with Crippen LogP contribution in [-0.4, -0.2) is 35.8 Å². The Kier molecular flexibility index (Phi) is 3.01. The van der Waals surface area contributed by atoms with Crippen molar-refractivity contribution in [3.05, 3.63) is 22.7 Å². The molecule has 2 rings (SSSR count). The molecule has 0 radical (unpaired) electrons. The van der Waals surface area contributed by atoms with E-state index in [2.05, 4.69) is 9.97 Å². The van der Waals surface area contributed by atoms with Crippen molar-refractivity contribution in [2.24, 2.45) is 0 Å². The van der Waals surface area contributed by atoms with Gasteiger partial charge in [0.2, 0.25) is 0 Å². The third-order valence-electron chi connectivity index (χ3n) is 2.44. The molecule has 1 aliphatic heterocycles. The van der Waals surface area contributed by atoms with Crippen LogP contribution in [0.25, 0.3) is 0 Å². The molecule has 5 nitrogen and oxygen atoms in total. The third-order valence-corrected chi connectivity index (χ3v) is 2.44. The van der Waals surface area contributed by atoms with Crippen molar-refractivity contribution in [2.75, 3.05) is 24.6 Å². The van der Waals surface area contributed by atoms with Crippen LogP contribution in [0.15, 0.2) is 17.2 Å². The van der Waals surface area contributed by atoms with Crippen molar-refractivity contribution in [3.63, 3.8) is 0 Å². The fourth-order valence-electron chi connectivity index (χ4n) is 1.76. The third kappa shape index (κ3) is 2.36. The second kappa shape index (κ2) is 4.44. The molecule has 0 aromatic carbocycles. The minimum absolute atomic E-state index is 0.133. The van der Waals surface area contributed by atoms with E-state index >= 15 is 0 Å². The number of rotatable bonds is 1. The summed E-state index contributed by atoms with van der Waals surface area (Å²) in [6, 6.07) is 0. The topological polar surface area (TPSA) is 58.2 Å². The smallest absolute Gasteiger partial charge is 0.290 e. The second-order valence-corrected chi connectivity index (χ2v) is 3.72. The van der Waals surface area contributed by atoms with E-state index in [1.54, 1.807) is 12.4 Å². The number of hydrogen-bond donors (Lipinski definition) is 1. The number of aromatic amines is 1. The molecule has 1 unspecified atom stereocenters. The summed E-state index contributed by atoms with van der Waals surface area (Å²) in [5.74, 6) is 0.495. The van der Waals surface area contributed by atoms with E-state index in [-0.39, 0.29) is 11.7 Å². The first-order chi connectivity index (χ1) is 7.27. The molecular formula is C10H15N3O2. The molecule has 1 aromatic heterocycles. The Bertz CT molecular complexity index is 377. The lowest BCUT2D eigenvalue weighted by Gasteiger charge is -2.21. The highest BCUT2D eigenvalue weighted by molar-refractivity contribution is 5.35. The van der Waals surface area contributed by atoms with Gasteiger partial charge in [0.25, 0.3) is 5.56 Å². The highest BCUT2D eigenvalue weighted by Crippen LogP contribution is 2.10. The summed E-state index contributed by atoms with van der Waals surface area (Å²) in [6.07, 6.45) is 4.23. The number of anilines is 1. The number of H-pyrrole nitrogens is 1. The molecule has 1 saturated heterocycles. The van der Waals surface area contributed by atoms with Crippen molar-refractivity contribution in [3.8, 4) is 0 Å². The highest BCUT2D eigenvalue weighted by Gasteiger charge is 2.18. The van der Waals surface area contributed by atoms with Crippen molar-refractivity contribution < 1.29 is 4.74 Å². The van der Waals surface area contributed by atoms with Crippen LogP contribution in [0.2, 0.25) is 0 Å². The first-order valence-corrected chi connectivity index (χ1v) is 5.17. The van der Waals surface area contributed by atoms with Crippen LogP contribution in [-0.2, 0) is 4.74 Å². The van der Waals surface area contributed by atoms with Crippen LogP contribution < -0.4 is 10.5 Å². The summed E-state index contributed by atoms with van der Waals surface area (Å²) in [5.41, 5.74) is -0.133. The second-order valence-electron chi connectivity index (χ2n) is 3.72. The van der Waals surface area contributed by atoms with Gasteiger partial charge in [-0.1, -0.05) is 0 Å². The molecular weight excluding hydrogens is 194 g/mol. The highest BCUT2D eigenvalue weighted by atomic mass is 16.5. The SMILES string of the molecule is CC1CN(c2ncc[nH]c2=O)CCCO1. The van der Waals surface area contributed by atoms with Crippen LogP contribution in [0.5, 0.6) is 0 Å². The van der Waals surface area contributed by atoms with Crippen molar-refractivity contribution >= 4 is 5.82 Å². The molecule has 0 saturated carbocycles. The van der Waals surface area contributed by atoms with Crippen LogP contribution in [0.1, 0.15) is 13.3 Å². The number of hydrogen-bond acceptors (Lipinski definition) is 4. The van der Waals surface area contributed by atoms with Gasteiger partial charge >= 0.3 is 0 Å². The maximum atomic E-state index is 11.5. The van der Waals surface area contributed by atoms with E-state index in [1.807, 2.05) is 11.8 Å². The van der Waals surface area contributed by atoms with Gasteiger partial charge in [0.05, 0.1) is 6.10 Å². The van der Waals surface area contributed by atoms with Gasteiger partial charge in [-0.3, -0.25) is 4.79 Å². The van der Waals surface area contributed by atoms with Gasteiger partial charge in [0.1, 0.15) is 0 Å². The van der Waals surface area contributed by atoms with Crippen LogP contribution in [0.3, 0.4) is 0 Å². The molecule has 0 bridgehead atoms. The average molecular weight is 209 g/mol. The minimum atomic E-state index is -0.133. The summed E-state index contributed by atoms with van der Waals surface area (Å²) in [4.78, 5) is 20.3. The summed E-state index contributed by atoms with van der Waals surface area (Å²) < 4.78 is 5.51. The first-order valence-electron chi connectivity index (χ1n) is 5.17. The largest absolute Gasteiger partial charge is 0.377 e. The maximum absolute atomic E-state index is 11.5. The molecule has 0 aliphatic carbocycles. The molecule has 0 spiro atoms. The molecule has 2 heterocycles. The number of nitrogens with one attached hydrogen (secondary N) is 1. The van der Waals surface area contributed by atoms with Gasteiger partial charge in [-0.15, -0.1) is 0 Å². The van der Waals surface area contributed by atoms with Gasteiger partial charge < -0.3 is 14.6 Å². The maximum Gasteiger partial charge on any atom is 0.290 e. The van der Waals surface area contributed by atoms with E-state index in [9.17, 15) is 4.79 Å². The normalized spacial score (nSPS) is 22.5. The van der Waals surface area contributed by atoms with E-state index in [0.29, 0.717) is 5.82 Å². The molecule has 5 heteroatoms. The van der Waals surface area contributed by atoms with Crippen LogP contribution in [0.4, 0.5) is 5.82 Å². The van der Waals surface area contributed by atoms with Gasteiger partial charge in [0.15, 0.2) is 5.82 Å². The average Bonchev–Trinajstić information content (AvgIpc) is 2.43. The molecule has 82 valence electrons. The number of nitrogens with zero attached hydrogens (tertiary/aromatic N) is 2.